The van der Waals surface area contributed by atoms with Crippen LogP contribution in [0.25, 0.3) is 0 Å². The number of nitrogen functional groups attached to an aromatic ring is 1. The molecular formula is C14H21ClN2O2. The second kappa shape index (κ2) is 8.02. The highest BCUT2D eigenvalue weighted by atomic mass is 35.5. The van der Waals surface area contributed by atoms with Crippen LogP contribution in [0.2, 0.25) is 5.02 Å². The predicted molar refractivity (Wildman–Crippen MR) is 78.3 cm³/mol. The molecule has 4 nitrogen and oxygen atoms in total. The van der Waals surface area contributed by atoms with E-state index in [2.05, 4.69) is 12.2 Å². The molecule has 0 radical (unpaired) electrons. The summed E-state index contributed by atoms with van der Waals surface area (Å²) in [6, 6.07) is 4.83. The summed E-state index contributed by atoms with van der Waals surface area (Å²) < 4.78 is 0. The summed E-state index contributed by atoms with van der Waals surface area (Å²) in [4.78, 5) is 12.0. The number of aliphatic hydroxyl groups is 1. The van der Waals surface area contributed by atoms with Crippen LogP contribution in [0.4, 0.5) is 5.69 Å². The number of anilines is 1. The lowest BCUT2D eigenvalue weighted by Crippen LogP contribution is -2.30. The van der Waals surface area contributed by atoms with E-state index >= 15 is 0 Å². The first-order valence-electron chi connectivity index (χ1n) is 6.52. The molecule has 106 valence electrons. The second-order valence-electron chi connectivity index (χ2n) is 4.61. The molecule has 4 N–H and O–H groups in total. The third-order valence-electron chi connectivity index (χ3n) is 3.04. The van der Waals surface area contributed by atoms with Gasteiger partial charge < -0.3 is 16.2 Å². The van der Waals surface area contributed by atoms with Crippen LogP contribution in [0, 0.1) is 5.92 Å². The lowest BCUT2D eigenvalue weighted by molar-refractivity contribution is 0.0944. The normalized spacial score (nSPS) is 12.2. The maximum atomic E-state index is 12.0. The molecule has 1 aromatic carbocycles. The smallest absolute Gasteiger partial charge is 0.253 e. The van der Waals surface area contributed by atoms with Gasteiger partial charge in [-0.3, -0.25) is 4.79 Å². The van der Waals surface area contributed by atoms with Gasteiger partial charge in [0, 0.05) is 23.9 Å². The molecule has 1 aromatic rings. The Morgan fingerprint density at radius 2 is 2.21 bits per heavy atom. The molecule has 0 aromatic heterocycles. The second-order valence-corrected chi connectivity index (χ2v) is 5.05. The monoisotopic (exact) mass is 284 g/mol. The van der Waals surface area contributed by atoms with Gasteiger partial charge in [0.2, 0.25) is 0 Å². The number of carbonyl (C=O) groups excluding carboxylic acids is 1. The van der Waals surface area contributed by atoms with E-state index in [1.165, 1.54) is 0 Å². The Morgan fingerprint density at radius 3 is 2.79 bits per heavy atom. The van der Waals surface area contributed by atoms with Crippen molar-refractivity contribution in [1.82, 2.24) is 5.32 Å². The van der Waals surface area contributed by atoms with Gasteiger partial charge in [0.1, 0.15) is 0 Å². The first-order valence-corrected chi connectivity index (χ1v) is 6.90. The summed E-state index contributed by atoms with van der Waals surface area (Å²) >= 11 is 5.79. The fourth-order valence-corrected chi connectivity index (χ4v) is 2.19. The van der Waals surface area contributed by atoms with Crippen LogP contribution in [-0.2, 0) is 0 Å². The summed E-state index contributed by atoms with van der Waals surface area (Å²) in [6.45, 7) is 2.78. The molecule has 0 saturated carbocycles. The van der Waals surface area contributed by atoms with Crippen LogP contribution in [0.15, 0.2) is 18.2 Å². The van der Waals surface area contributed by atoms with E-state index in [1.807, 2.05) is 0 Å². The van der Waals surface area contributed by atoms with E-state index in [0.29, 0.717) is 35.2 Å². The van der Waals surface area contributed by atoms with E-state index in [1.54, 1.807) is 18.2 Å². The molecule has 0 saturated heterocycles. The van der Waals surface area contributed by atoms with Crippen molar-refractivity contribution in [2.24, 2.45) is 5.92 Å². The van der Waals surface area contributed by atoms with Crippen LogP contribution < -0.4 is 11.1 Å². The molecule has 1 unspecified atom stereocenters. The molecule has 0 heterocycles. The fraction of sp³-hybridized carbons (Fsp3) is 0.500. The van der Waals surface area contributed by atoms with Crippen molar-refractivity contribution in [1.29, 1.82) is 0 Å². The zero-order valence-electron chi connectivity index (χ0n) is 11.2. The van der Waals surface area contributed by atoms with Crippen molar-refractivity contribution < 1.29 is 9.90 Å². The lowest BCUT2D eigenvalue weighted by atomic mass is 10.00. The highest BCUT2D eigenvalue weighted by Gasteiger charge is 2.13. The average Bonchev–Trinajstić information content (AvgIpc) is 2.36. The van der Waals surface area contributed by atoms with E-state index in [-0.39, 0.29) is 12.5 Å². The third kappa shape index (κ3) is 5.09. The molecular weight excluding hydrogens is 264 g/mol. The average molecular weight is 285 g/mol. The highest BCUT2D eigenvalue weighted by molar-refractivity contribution is 6.31. The number of aliphatic hydroxyl groups excluding tert-OH is 1. The van der Waals surface area contributed by atoms with Crippen LogP contribution in [0.1, 0.15) is 36.5 Å². The Labute approximate surface area is 118 Å². The molecule has 0 bridgehead atoms. The first-order chi connectivity index (χ1) is 9.08. The molecule has 0 aliphatic heterocycles. The summed E-state index contributed by atoms with van der Waals surface area (Å²) in [6.07, 6.45) is 2.71. The standard InChI is InChI=1S/C14H21ClN2O2/c1-2-3-10(6-7-18)9-17-14(19)12-5-4-11(15)8-13(12)16/h4-5,8,10,18H,2-3,6-7,9,16H2,1H3,(H,17,19). The minimum atomic E-state index is -0.201. The Morgan fingerprint density at radius 1 is 1.47 bits per heavy atom. The van der Waals surface area contributed by atoms with Crippen molar-refractivity contribution in [3.05, 3.63) is 28.8 Å². The van der Waals surface area contributed by atoms with Crippen molar-refractivity contribution in [2.75, 3.05) is 18.9 Å². The molecule has 0 aliphatic carbocycles. The molecule has 0 fully saturated rings. The first kappa shape index (κ1) is 15.8. The molecule has 0 spiro atoms. The molecule has 1 atom stereocenters. The highest BCUT2D eigenvalue weighted by Crippen LogP contribution is 2.18. The number of nitrogens with one attached hydrogen (secondary N) is 1. The summed E-state index contributed by atoms with van der Waals surface area (Å²) in [7, 11) is 0. The Balaban J connectivity index is 2.58. The summed E-state index contributed by atoms with van der Waals surface area (Å²) in [5, 5.41) is 12.3. The zero-order valence-corrected chi connectivity index (χ0v) is 11.9. The van der Waals surface area contributed by atoms with Gasteiger partial charge in [-0.15, -0.1) is 0 Å². The van der Waals surface area contributed by atoms with Crippen LogP contribution >= 0.6 is 11.6 Å². The number of carbonyl (C=O) groups is 1. The van der Waals surface area contributed by atoms with E-state index in [0.717, 1.165) is 12.8 Å². The van der Waals surface area contributed by atoms with E-state index < -0.39 is 0 Å². The summed E-state index contributed by atoms with van der Waals surface area (Å²) in [5.74, 6) is 0.0979. The Hall–Kier alpha value is -1.26. The van der Waals surface area contributed by atoms with E-state index in [9.17, 15) is 4.79 Å². The number of hydrogen-bond acceptors (Lipinski definition) is 3. The largest absolute Gasteiger partial charge is 0.398 e. The van der Waals surface area contributed by atoms with Crippen LogP contribution in [0.3, 0.4) is 0 Å². The number of rotatable bonds is 7. The van der Waals surface area contributed by atoms with Gasteiger partial charge in [-0.05, 0) is 37.0 Å². The van der Waals surface area contributed by atoms with Crippen molar-refractivity contribution in [2.45, 2.75) is 26.2 Å². The fourth-order valence-electron chi connectivity index (χ4n) is 2.01. The van der Waals surface area contributed by atoms with Crippen LogP contribution in [0.5, 0.6) is 0 Å². The summed E-state index contributed by atoms with van der Waals surface area (Å²) in [5.41, 5.74) is 6.57. The van der Waals surface area contributed by atoms with Crippen LogP contribution in [-0.4, -0.2) is 24.2 Å². The minimum absolute atomic E-state index is 0.142. The van der Waals surface area contributed by atoms with Gasteiger partial charge in [-0.25, -0.2) is 0 Å². The van der Waals surface area contributed by atoms with Gasteiger partial charge in [-0.1, -0.05) is 24.9 Å². The number of benzene rings is 1. The third-order valence-corrected chi connectivity index (χ3v) is 3.28. The maximum Gasteiger partial charge on any atom is 0.253 e. The lowest BCUT2D eigenvalue weighted by Gasteiger charge is -2.16. The zero-order chi connectivity index (χ0) is 14.3. The number of nitrogens with two attached hydrogens (primary N) is 1. The predicted octanol–water partition coefficient (Wildman–Crippen LogP) is 2.45. The van der Waals surface area contributed by atoms with Gasteiger partial charge in [-0.2, -0.15) is 0 Å². The van der Waals surface area contributed by atoms with Crippen molar-refractivity contribution in [3.8, 4) is 0 Å². The van der Waals surface area contributed by atoms with Crippen molar-refractivity contribution >= 4 is 23.2 Å². The molecule has 1 rings (SSSR count). The molecule has 5 heteroatoms. The minimum Gasteiger partial charge on any atom is -0.398 e. The SMILES string of the molecule is CCCC(CCO)CNC(=O)c1ccc(Cl)cc1N. The maximum absolute atomic E-state index is 12.0. The van der Waals surface area contributed by atoms with E-state index in [4.69, 9.17) is 22.4 Å². The van der Waals surface area contributed by atoms with Crippen molar-refractivity contribution in [3.63, 3.8) is 0 Å². The van der Waals surface area contributed by atoms with Gasteiger partial charge >= 0.3 is 0 Å². The Kier molecular flexibility index (Phi) is 6.67. The Bertz CT molecular complexity index is 418. The number of halogens is 1. The molecule has 1 amide bonds. The molecule has 19 heavy (non-hydrogen) atoms. The quantitative estimate of drug-likeness (QED) is 0.673. The topological polar surface area (TPSA) is 75.3 Å². The van der Waals surface area contributed by atoms with Gasteiger partial charge in [0.15, 0.2) is 0 Å². The van der Waals surface area contributed by atoms with Gasteiger partial charge in [0.05, 0.1) is 5.56 Å². The number of hydrogen-bond donors (Lipinski definition) is 3. The number of amides is 1. The molecule has 0 aliphatic rings. The van der Waals surface area contributed by atoms with Gasteiger partial charge in [0.25, 0.3) is 5.91 Å².